The van der Waals surface area contributed by atoms with Crippen LogP contribution in [0.3, 0.4) is 0 Å². The molecule has 0 aliphatic heterocycles. The van der Waals surface area contributed by atoms with Crippen molar-refractivity contribution in [1.29, 1.82) is 0 Å². The number of anilines is 1. The highest BCUT2D eigenvalue weighted by Crippen LogP contribution is 2.28. The highest BCUT2D eigenvalue weighted by atomic mass is 79.9. The monoisotopic (exact) mass is 248 g/mol. The third kappa shape index (κ3) is 1.90. The predicted octanol–water partition coefficient (Wildman–Crippen LogP) is 3.20. The van der Waals surface area contributed by atoms with E-state index in [1.165, 1.54) is 0 Å². The molecular weight excluding hydrogens is 239 g/mol. The quantitative estimate of drug-likeness (QED) is 0.830. The molecule has 1 rings (SSSR count). The number of aromatic nitrogens is 1. The van der Waals surface area contributed by atoms with Gasteiger partial charge in [-0.15, -0.1) is 0 Å². The van der Waals surface area contributed by atoms with Gasteiger partial charge in [-0.05, 0) is 27.9 Å². The average Bonchev–Trinajstić information content (AvgIpc) is 1.96. The van der Waals surface area contributed by atoms with Crippen LogP contribution in [0.25, 0.3) is 0 Å². The van der Waals surface area contributed by atoms with Crippen molar-refractivity contribution in [2.45, 2.75) is 19.8 Å². The number of hydrogen-bond acceptors (Lipinski definition) is 2. The number of nitrogens with two attached hydrogens (primary N) is 1. The lowest BCUT2D eigenvalue weighted by molar-refractivity contribution is 0.824. The average molecular weight is 250 g/mol. The van der Waals surface area contributed by atoms with Gasteiger partial charge in [-0.1, -0.05) is 25.4 Å². The van der Waals surface area contributed by atoms with Crippen molar-refractivity contribution in [3.8, 4) is 0 Å². The van der Waals surface area contributed by atoms with Crippen LogP contribution in [0.5, 0.6) is 0 Å². The summed E-state index contributed by atoms with van der Waals surface area (Å²) in [4.78, 5) is 4.17. The van der Waals surface area contributed by atoms with Crippen molar-refractivity contribution in [3.05, 3.63) is 21.3 Å². The molecule has 0 atom stereocenters. The molecule has 66 valence electrons. The molecule has 0 unspecified atom stereocenters. The van der Waals surface area contributed by atoms with Gasteiger partial charge < -0.3 is 5.73 Å². The van der Waals surface area contributed by atoms with E-state index in [1.54, 1.807) is 6.07 Å². The first-order valence-electron chi connectivity index (χ1n) is 3.63. The van der Waals surface area contributed by atoms with Crippen LogP contribution in [-0.4, -0.2) is 4.98 Å². The van der Waals surface area contributed by atoms with Gasteiger partial charge in [-0.3, -0.25) is 0 Å². The number of nitrogens with zero attached hydrogens (tertiary/aromatic N) is 1. The molecular formula is C8H10BrClN2. The zero-order chi connectivity index (χ0) is 9.30. The Labute approximate surface area is 85.3 Å². The van der Waals surface area contributed by atoms with Gasteiger partial charge in [-0.25, -0.2) is 4.98 Å². The summed E-state index contributed by atoms with van der Waals surface area (Å²) in [6, 6.07) is 1.78. The summed E-state index contributed by atoms with van der Waals surface area (Å²) < 4.78 is 0.747. The van der Waals surface area contributed by atoms with Crippen LogP contribution in [0.15, 0.2) is 10.5 Å². The van der Waals surface area contributed by atoms with Gasteiger partial charge in [0.05, 0.1) is 15.2 Å². The zero-order valence-electron chi connectivity index (χ0n) is 6.94. The van der Waals surface area contributed by atoms with Gasteiger partial charge in [0.2, 0.25) is 0 Å². The highest BCUT2D eigenvalue weighted by Gasteiger charge is 2.09. The van der Waals surface area contributed by atoms with Crippen molar-refractivity contribution in [1.82, 2.24) is 4.98 Å². The minimum atomic E-state index is 0.299. The number of rotatable bonds is 1. The Morgan fingerprint density at radius 1 is 1.58 bits per heavy atom. The van der Waals surface area contributed by atoms with Crippen molar-refractivity contribution in [3.63, 3.8) is 0 Å². The predicted molar refractivity (Wildman–Crippen MR) is 55.4 cm³/mol. The fraction of sp³-hybridized carbons (Fsp3) is 0.375. The van der Waals surface area contributed by atoms with E-state index in [2.05, 4.69) is 20.9 Å². The van der Waals surface area contributed by atoms with Crippen LogP contribution in [0.1, 0.15) is 25.5 Å². The van der Waals surface area contributed by atoms with Gasteiger partial charge in [0.25, 0.3) is 0 Å². The largest absolute Gasteiger partial charge is 0.383 e. The standard InChI is InChI=1S/C8H10BrClN2/c1-4(2)7-6(10)3-5(9)8(11)12-7/h3-4H,1-2H3,(H2,11,12). The lowest BCUT2D eigenvalue weighted by atomic mass is 10.1. The van der Waals surface area contributed by atoms with Gasteiger partial charge in [0.1, 0.15) is 5.82 Å². The van der Waals surface area contributed by atoms with Crippen molar-refractivity contribution in [2.75, 3.05) is 5.73 Å². The highest BCUT2D eigenvalue weighted by molar-refractivity contribution is 9.10. The van der Waals surface area contributed by atoms with E-state index < -0.39 is 0 Å². The van der Waals surface area contributed by atoms with Crippen molar-refractivity contribution < 1.29 is 0 Å². The smallest absolute Gasteiger partial charge is 0.138 e. The van der Waals surface area contributed by atoms with Gasteiger partial charge in [0.15, 0.2) is 0 Å². The first kappa shape index (κ1) is 9.81. The van der Waals surface area contributed by atoms with E-state index in [4.69, 9.17) is 17.3 Å². The maximum absolute atomic E-state index is 5.95. The third-order valence-electron chi connectivity index (χ3n) is 1.53. The molecule has 0 aliphatic rings. The second-order valence-corrected chi connectivity index (χ2v) is 4.14. The summed E-state index contributed by atoms with van der Waals surface area (Å²) in [7, 11) is 0. The molecule has 0 fully saturated rings. The third-order valence-corrected chi connectivity index (χ3v) is 2.47. The van der Waals surface area contributed by atoms with E-state index >= 15 is 0 Å². The Bertz CT molecular complexity index is 299. The molecule has 0 saturated heterocycles. The molecule has 0 bridgehead atoms. The van der Waals surface area contributed by atoms with Crippen LogP contribution in [0, 0.1) is 0 Å². The van der Waals surface area contributed by atoms with Crippen molar-refractivity contribution in [2.24, 2.45) is 0 Å². The van der Waals surface area contributed by atoms with E-state index in [1.807, 2.05) is 13.8 Å². The lowest BCUT2D eigenvalue weighted by Gasteiger charge is -2.08. The van der Waals surface area contributed by atoms with Crippen LogP contribution < -0.4 is 5.73 Å². The summed E-state index contributed by atoms with van der Waals surface area (Å²) in [6.45, 7) is 4.06. The van der Waals surface area contributed by atoms with Gasteiger partial charge in [0, 0.05) is 0 Å². The van der Waals surface area contributed by atoms with Gasteiger partial charge >= 0.3 is 0 Å². The number of pyridine rings is 1. The molecule has 0 aromatic carbocycles. The summed E-state index contributed by atoms with van der Waals surface area (Å²) in [5.41, 5.74) is 6.46. The lowest BCUT2D eigenvalue weighted by Crippen LogP contribution is -1.99. The molecule has 2 nitrogen and oxygen atoms in total. The SMILES string of the molecule is CC(C)c1nc(N)c(Br)cc1Cl. The second kappa shape index (κ2) is 3.62. The Balaban J connectivity index is 3.23. The molecule has 12 heavy (non-hydrogen) atoms. The maximum atomic E-state index is 5.95. The zero-order valence-corrected chi connectivity index (χ0v) is 9.28. The molecule has 0 saturated carbocycles. The first-order chi connectivity index (χ1) is 5.52. The Morgan fingerprint density at radius 2 is 2.17 bits per heavy atom. The molecule has 0 radical (unpaired) electrons. The fourth-order valence-corrected chi connectivity index (χ4v) is 1.72. The van der Waals surface area contributed by atoms with Gasteiger partial charge in [-0.2, -0.15) is 0 Å². The molecule has 0 spiro atoms. The number of halogens is 2. The first-order valence-corrected chi connectivity index (χ1v) is 4.81. The molecule has 2 N–H and O–H groups in total. The van der Waals surface area contributed by atoms with Crippen LogP contribution in [-0.2, 0) is 0 Å². The second-order valence-electron chi connectivity index (χ2n) is 2.88. The minimum absolute atomic E-state index is 0.299. The van der Waals surface area contributed by atoms with E-state index in [0.717, 1.165) is 10.2 Å². The number of hydrogen-bond donors (Lipinski definition) is 1. The van der Waals surface area contributed by atoms with Crippen LogP contribution in [0.4, 0.5) is 5.82 Å². The Hall–Kier alpha value is -0.280. The topological polar surface area (TPSA) is 38.9 Å². The molecule has 0 aliphatic carbocycles. The molecule has 0 amide bonds. The number of nitrogen functional groups attached to an aromatic ring is 1. The normalized spacial score (nSPS) is 10.8. The Morgan fingerprint density at radius 3 is 2.67 bits per heavy atom. The molecule has 4 heteroatoms. The van der Waals surface area contributed by atoms with Crippen LogP contribution in [0.2, 0.25) is 5.02 Å². The molecule has 1 heterocycles. The van der Waals surface area contributed by atoms with Crippen molar-refractivity contribution >= 4 is 33.3 Å². The van der Waals surface area contributed by atoms with E-state index in [0.29, 0.717) is 16.8 Å². The minimum Gasteiger partial charge on any atom is -0.383 e. The Kier molecular flexibility index (Phi) is 2.96. The summed E-state index contributed by atoms with van der Waals surface area (Å²) in [6.07, 6.45) is 0. The summed E-state index contributed by atoms with van der Waals surface area (Å²) in [5.74, 6) is 0.788. The van der Waals surface area contributed by atoms with Crippen LogP contribution >= 0.6 is 27.5 Å². The molecule has 1 aromatic heterocycles. The summed E-state index contributed by atoms with van der Waals surface area (Å²) in [5, 5.41) is 0.658. The van der Waals surface area contributed by atoms with E-state index in [9.17, 15) is 0 Å². The maximum Gasteiger partial charge on any atom is 0.138 e. The van der Waals surface area contributed by atoms with E-state index in [-0.39, 0.29) is 0 Å². The summed E-state index contributed by atoms with van der Waals surface area (Å²) >= 11 is 9.21. The molecule has 1 aromatic rings. The fourth-order valence-electron chi connectivity index (χ4n) is 0.901.